The van der Waals surface area contributed by atoms with Crippen molar-refractivity contribution in [3.8, 4) is 11.3 Å². The summed E-state index contributed by atoms with van der Waals surface area (Å²) in [6.45, 7) is 0.596. The number of carbonyl (C=O) groups excluding carboxylic acids is 1. The van der Waals surface area contributed by atoms with Gasteiger partial charge in [-0.2, -0.15) is 4.57 Å². The van der Waals surface area contributed by atoms with E-state index >= 15 is 0 Å². The van der Waals surface area contributed by atoms with Gasteiger partial charge in [0, 0.05) is 17.2 Å². The summed E-state index contributed by atoms with van der Waals surface area (Å²) in [7, 11) is 0. The van der Waals surface area contributed by atoms with Crippen LogP contribution in [0.1, 0.15) is 21.5 Å². The van der Waals surface area contributed by atoms with Gasteiger partial charge in [0.15, 0.2) is 18.5 Å². The summed E-state index contributed by atoms with van der Waals surface area (Å²) in [6.07, 6.45) is 1.85. The molecule has 0 N–H and O–H groups in total. The number of carbonyl (C=O) groups is 1. The molecule has 22 heavy (non-hydrogen) atoms. The lowest BCUT2D eigenvalue weighted by molar-refractivity contribution is -0.672. The van der Waals surface area contributed by atoms with Crippen molar-refractivity contribution < 1.29 is 13.8 Å². The Balaban J connectivity index is 1.75. The van der Waals surface area contributed by atoms with E-state index in [4.69, 9.17) is 0 Å². The van der Waals surface area contributed by atoms with Crippen LogP contribution in [-0.4, -0.2) is 5.78 Å². The fourth-order valence-corrected chi connectivity index (χ4v) is 2.94. The van der Waals surface area contributed by atoms with Gasteiger partial charge in [-0.1, -0.05) is 30.3 Å². The number of rotatable bonds is 2. The summed E-state index contributed by atoms with van der Waals surface area (Å²) < 4.78 is 15.4. The topological polar surface area (TPSA) is 20.9 Å². The highest BCUT2D eigenvalue weighted by molar-refractivity contribution is 6.08. The molecule has 0 spiro atoms. The molecule has 0 bridgehead atoms. The minimum Gasteiger partial charge on any atom is -0.288 e. The number of pyridine rings is 1. The van der Waals surface area contributed by atoms with E-state index < -0.39 is 0 Å². The molecule has 0 saturated carbocycles. The molecular formula is C19H13FNO+. The summed E-state index contributed by atoms with van der Waals surface area (Å²) in [6, 6.07) is 17.8. The summed E-state index contributed by atoms with van der Waals surface area (Å²) in [5.41, 5.74) is 4.30. The van der Waals surface area contributed by atoms with Crippen LogP contribution in [0.25, 0.3) is 11.3 Å². The van der Waals surface area contributed by atoms with E-state index in [-0.39, 0.29) is 11.6 Å². The maximum atomic E-state index is 13.4. The SMILES string of the molecule is O=C(c1ccccc1)c1ccc2[n+](c1)Cc1cc(F)ccc1-2. The first-order valence-electron chi connectivity index (χ1n) is 7.14. The molecule has 0 saturated heterocycles. The van der Waals surface area contributed by atoms with Crippen LogP contribution in [0.4, 0.5) is 4.39 Å². The van der Waals surface area contributed by atoms with E-state index in [1.807, 2.05) is 53.2 Å². The minimum absolute atomic E-state index is 0.00182. The molecule has 0 atom stereocenters. The van der Waals surface area contributed by atoms with Crippen LogP contribution in [0.15, 0.2) is 66.9 Å². The number of hydrogen-bond acceptors (Lipinski definition) is 1. The van der Waals surface area contributed by atoms with Gasteiger partial charge in [0.25, 0.3) is 0 Å². The molecule has 1 aromatic heterocycles. The van der Waals surface area contributed by atoms with Crippen molar-refractivity contribution in [2.75, 3.05) is 0 Å². The second-order valence-electron chi connectivity index (χ2n) is 5.43. The van der Waals surface area contributed by atoms with E-state index in [0.29, 0.717) is 17.7 Å². The highest BCUT2D eigenvalue weighted by Crippen LogP contribution is 2.27. The van der Waals surface area contributed by atoms with Crippen molar-refractivity contribution in [1.82, 2.24) is 0 Å². The van der Waals surface area contributed by atoms with Crippen molar-refractivity contribution in [2.45, 2.75) is 6.54 Å². The zero-order chi connectivity index (χ0) is 15.1. The zero-order valence-corrected chi connectivity index (χ0v) is 11.8. The van der Waals surface area contributed by atoms with E-state index in [9.17, 15) is 9.18 Å². The fraction of sp³-hybridized carbons (Fsp3) is 0.0526. The van der Waals surface area contributed by atoms with Crippen molar-refractivity contribution >= 4 is 5.78 Å². The quantitative estimate of drug-likeness (QED) is 0.409. The molecule has 106 valence electrons. The molecule has 2 nitrogen and oxygen atoms in total. The minimum atomic E-state index is -0.229. The molecule has 3 heteroatoms. The van der Waals surface area contributed by atoms with Gasteiger partial charge in [-0.3, -0.25) is 4.79 Å². The predicted molar refractivity (Wildman–Crippen MR) is 81.0 cm³/mol. The van der Waals surface area contributed by atoms with E-state index in [0.717, 1.165) is 16.8 Å². The Hall–Kier alpha value is -2.81. The summed E-state index contributed by atoms with van der Waals surface area (Å²) >= 11 is 0. The largest absolute Gasteiger partial charge is 0.288 e. The number of benzene rings is 2. The smallest absolute Gasteiger partial charge is 0.213 e. The monoisotopic (exact) mass is 290 g/mol. The average molecular weight is 290 g/mol. The average Bonchev–Trinajstić information content (AvgIpc) is 2.91. The van der Waals surface area contributed by atoms with Crippen molar-refractivity contribution in [2.24, 2.45) is 0 Å². The first kappa shape index (κ1) is 12.9. The highest BCUT2D eigenvalue weighted by Gasteiger charge is 2.27. The molecule has 3 aromatic rings. The van der Waals surface area contributed by atoms with Crippen LogP contribution in [0.5, 0.6) is 0 Å². The van der Waals surface area contributed by atoms with Gasteiger partial charge in [0.05, 0.1) is 11.1 Å². The Labute approximate surface area is 127 Å². The zero-order valence-electron chi connectivity index (χ0n) is 11.8. The Kier molecular flexibility index (Phi) is 2.86. The number of nitrogens with zero attached hydrogens (tertiary/aromatic N) is 1. The maximum Gasteiger partial charge on any atom is 0.213 e. The Morgan fingerprint density at radius 1 is 0.955 bits per heavy atom. The maximum absolute atomic E-state index is 13.4. The van der Waals surface area contributed by atoms with Crippen LogP contribution >= 0.6 is 0 Å². The molecule has 1 aliphatic rings. The van der Waals surface area contributed by atoms with Crippen LogP contribution in [-0.2, 0) is 6.54 Å². The normalized spacial score (nSPS) is 11.9. The molecule has 0 aliphatic carbocycles. The molecule has 1 aliphatic heterocycles. The second kappa shape index (κ2) is 4.88. The van der Waals surface area contributed by atoms with Gasteiger partial charge >= 0.3 is 0 Å². The molecule has 0 fully saturated rings. The van der Waals surface area contributed by atoms with Gasteiger partial charge in [-0.15, -0.1) is 0 Å². The van der Waals surface area contributed by atoms with Crippen LogP contribution in [0.3, 0.4) is 0 Å². The number of fused-ring (bicyclic) bond motifs is 3. The molecule has 4 rings (SSSR count). The third-order valence-corrected chi connectivity index (χ3v) is 4.01. The Bertz CT molecular complexity index is 887. The molecule has 2 heterocycles. The third kappa shape index (κ3) is 2.02. The predicted octanol–water partition coefficient (Wildman–Crippen LogP) is 3.37. The van der Waals surface area contributed by atoms with E-state index in [2.05, 4.69) is 0 Å². The lowest BCUT2D eigenvalue weighted by atomic mass is 10.0. The lowest BCUT2D eigenvalue weighted by Gasteiger charge is -2.00. The number of ketones is 1. The second-order valence-corrected chi connectivity index (χ2v) is 5.43. The molecule has 0 amide bonds. The van der Waals surface area contributed by atoms with Gasteiger partial charge in [-0.05, 0) is 24.3 Å². The highest BCUT2D eigenvalue weighted by atomic mass is 19.1. The van der Waals surface area contributed by atoms with Gasteiger partial charge in [0.2, 0.25) is 5.69 Å². The van der Waals surface area contributed by atoms with Crippen LogP contribution in [0, 0.1) is 5.82 Å². The standard InChI is InChI=1S/C19H13FNO/c20-16-7-8-17-15(10-16)12-21-11-14(6-9-18(17)21)19(22)13-4-2-1-3-5-13/h1-11H,12H2/q+1. The van der Waals surface area contributed by atoms with Crippen LogP contribution in [0.2, 0.25) is 0 Å². The first-order chi connectivity index (χ1) is 10.7. The fourth-order valence-electron chi connectivity index (χ4n) is 2.94. The van der Waals surface area contributed by atoms with E-state index in [1.165, 1.54) is 6.07 Å². The third-order valence-electron chi connectivity index (χ3n) is 4.01. The van der Waals surface area contributed by atoms with Crippen LogP contribution < -0.4 is 4.57 Å². The van der Waals surface area contributed by atoms with Gasteiger partial charge < -0.3 is 0 Å². The first-order valence-corrected chi connectivity index (χ1v) is 7.14. The Morgan fingerprint density at radius 3 is 2.59 bits per heavy atom. The molecule has 0 unspecified atom stereocenters. The Morgan fingerprint density at radius 2 is 1.77 bits per heavy atom. The lowest BCUT2D eigenvalue weighted by Crippen LogP contribution is -2.33. The number of halogens is 1. The van der Waals surface area contributed by atoms with Crippen molar-refractivity contribution in [1.29, 1.82) is 0 Å². The molecular weight excluding hydrogens is 277 g/mol. The molecule has 0 radical (unpaired) electrons. The van der Waals surface area contributed by atoms with Gasteiger partial charge in [-0.25, -0.2) is 4.39 Å². The van der Waals surface area contributed by atoms with Crippen molar-refractivity contribution in [3.63, 3.8) is 0 Å². The summed E-state index contributed by atoms with van der Waals surface area (Å²) in [5, 5.41) is 0. The number of aromatic nitrogens is 1. The van der Waals surface area contributed by atoms with Gasteiger partial charge in [0.1, 0.15) is 5.82 Å². The summed E-state index contributed by atoms with van der Waals surface area (Å²) in [5.74, 6) is -0.231. The van der Waals surface area contributed by atoms with Crippen molar-refractivity contribution in [3.05, 3.63) is 89.4 Å². The summed E-state index contributed by atoms with van der Waals surface area (Å²) in [4.78, 5) is 12.5. The molecule has 2 aromatic carbocycles. The van der Waals surface area contributed by atoms with E-state index in [1.54, 1.807) is 12.1 Å². The number of hydrogen-bond donors (Lipinski definition) is 0.